The van der Waals surface area contributed by atoms with Gasteiger partial charge in [-0.2, -0.15) is 0 Å². The SMILES string of the molecule is C=CC(=O)Oc1c(C)ccc(P=O)c1CC. The van der Waals surface area contributed by atoms with Crippen molar-refractivity contribution in [1.82, 2.24) is 0 Å². The van der Waals surface area contributed by atoms with Crippen molar-refractivity contribution < 1.29 is 14.1 Å². The molecule has 1 aromatic rings. The van der Waals surface area contributed by atoms with Crippen LogP contribution in [0.25, 0.3) is 0 Å². The maximum absolute atomic E-state index is 11.2. The highest BCUT2D eigenvalue weighted by molar-refractivity contribution is 7.34. The van der Waals surface area contributed by atoms with Crippen LogP contribution in [0.2, 0.25) is 0 Å². The summed E-state index contributed by atoms with van der Waals surface area (Å²) in [5.74, 6) is -0.00855. The Hall–Kier alpha value is -1.47. The molecule has 0 amide bonds. The molecule has 4 heteroatoms. The fourth-order valence-corrected chi connectivity index (χ4v) is 1.95. The van der Waals surface area contributed by atoms with Gasteiger partial charge in [-0.3, -0.25) is 4.57 Å². The van der Waals surface area contributed by atoms with E-state index in [0.29, 0.717) is 17.5 Å². The predicted molar refractivity (Wildman–Crippen MR) is 63.6 cm³/mol. The van der Waals surface area contributed by atoms with Crippen molar-refractivity contribution in [3.63, 3.8) is 0 Å². The third-order valence-electron chi connectivity index (χ3n) is 2.25. The average Bonchev–Trinajstić information content (AvgIpc) is 2.31. The van der Waals surface area contributed by atoms with Crippen LogP contribution >= 0.6 is 8.46 Å². The largest absolute Gasteiger partial charge is 0.423 e. The zero-order chi connectivity index (χ0) is 12.1. The van der Waals surface area contributed by atoms with E-state index in [1.807, 2.05) is 13.8 Å². The highest BCUT2D eigenvalue weighted by Gasteiger charge is 2.13. The van der Waals surface area contributed by atoms with E-state index < -0.39 is 5.97 Å². The molecule has 0 aromatic heterocycles. The topological polar surface area (TPSA) is 43.4 Å². The van der Waals surface area contributed by atoms with Gasteiger partial charge < -0.3 is 4.74 Å². The zero-order valence-corrected chi connectivity index (χ0v) is 10.2. The molecule has 0 saturated carbocycles. The van der Waals surface area contributed by atoms with E-state index in [1.54, 1.807) is 12.1 Å². The summed E-state index contributed by atoms with van der Waals surface area (Å²) in [6.07, 6.45) is 1.77. The van der Waals surface area contributed by atoms with Gasteiger partial charge in [-0.05, 0) is 25.0 Å². The van der Waals surface area contributed by atoms with Crippen molar-refractivity contribution >= 4 is 19.7 Å². The minimum atomic E-state index is -0.502. The van der Waals surface area contributed by atoms with Gasteiger partial charge in [0.1, 0.15) is 5.75 Å². The van der Waals surface area contributed by atoms with Gasteiger partial charge in [0.2, 0.25) is 0 Å². The van der Waals surface area contributed by atoms with E-state index >= 15 is 0 Å². The molecule has 1 rings (SSSR count). The highest BCUT2D eigenvalue weighted by Crippen LogP contribution is 2.24. The first-order chi connectivity index (χ1) is 7.63. The van der Waals surface area contributed by atoms with Crippen LogP contribution in [0, 0.1) is 6.92 Å². The second-order valence-electron chi connectivity index (χ2n) is 3.28. The lowest BCUT2D eigenvalue weighted by Gasteiger charge is -2.11. The van der Waals surface area contributed by atoms with Gasteiger partial charge in [-0.1, -0.05) is 19.6 Å². The minimum absolute atomic E-state index is 0.0655. The first kappa shape index (κ1) is 12.6. The molecule has 0 aliphatic heterocycles. The van der Waals surface area contributed by atoms with Crippen molar-refractivity contribution in [1.29, 1.82) is 0 Å². The summed E-state index contributed by atoms with van der Waals surface area (Å²) in [4.78, 5) is 11.2. The number of aryl methyl sites for hydroxylation is 1. The molecule has 84 valence electrons. The molecule has 0 saturated heterocycles. The molecule has 0 atom stereocenters. The van der Waals surface area contributed by atoms with E-state index in [1.165, 1.54) is 0 Å². The first-order valence-corrected chi connectivity index (χ1v) is 5.75. The van der Waals surface area contributed by atoms with E-state index in [9.17, 15) is 9.36 Å². The normalized spacial score (nSPS) is 10.1. The molecule has 0 aliphatic rings. The molecule has 0 fully saturated rings. The van der Waals surface area contributed by atoms with Gasteiger partial charge in [0.15, 0.2) is 8.46 Å². The molecular weight excluding hydrogens is 223 g/mol. The van der Waals surface area contributed by atoms with E-state index in [4.69, 9.17) is 4.74 Å². The van der Waals surface area contributed by atoms with Gasteiger partial charge in [0.05, 0.1) is 0 Å². The van der Waals surface area contributed by atoms with Crippen molar-refractivity contribution in [2.45, 2.75) is 20.3 Å². The van der Waals surface area contributed by atoms with Crippen LogP contribution in [0.3, 0.4) is 0 Å². The number of hydrogen-bond acceptors (Lipinski definition) is 3. The van der Waals surface area contributed by atoms with Gasteiger partial charge in [-0.25, -0.2) is 4.79 Å². The summed E-state index contributed by atoms with van der Waals surface area (Å²) in [6, 6.07) is 3.55. The molecule has 0 bridgehead atoms. The molecule has 0 spiro atoms. The number of benzene rings is 1. The molecule has 1 aromatic carbocycles. The Kier molecular flexibility index (Phi) is 4.39. The van der Waals surface area contributed by atoms with Gasteiger partial charge >= 0.3 is 5.97 Å². The maximum Gasteiger partial charge on any atom is 0.335 e. The lowest BCUT2D eigenvalue weighted by molar-refractivity contribution is -0.129. The molecular formula is C12H13O3P. The van der Waals surface area contributed by atoms with E-state index in [2.05, 4.69) is 6.58 Å². The third-order valence-corrected chi connectivity index (χ3v) is 2.87. The lowest BCUT2D eigenvalue weighted by atomic mass is 10.1. The number of rotatable bonds is 4. The Morgan fingerprint density at radius 1 is 1.56 bits per heavy atom. The Labute approximate surface area is 96.3 Å². The maximum atomic E-state index is 11.2. The van der Waals surface area contributed by atoms with Crippen LogP contribution in [0.1, 0.15) is 18.1 Å². The van der Waals surface area contributed by atoms with Crippen LogP contribution < -0.4 is 10.0 Å². The average molecular weight is 236 g/mol. The molecule has 0 heterocycles. The van der Waals surface area contributed by atoms with Crippen molar-refractivity contribution in [2.75, 3.05) is 0 Å². The summed E-state index contributed by atoms with van der Waals surface area (Å²) in [6.45, 7) is 7.12. The summed E-state index contributed by atoms with van der Waals surface area (Å²) < 4.78 is 16.1. The van der Waals surface area contributed by atoms with Gasteiger partial charge in [0, 0.05) is 16.9 Å². The van der Waals surface area contributed by atoms with Crippen LogP contribution in [0.15, 0.2) is 24.8 Å². The zero-order valence-electron chi connectivity index (χ0n) is 9.32. The fourth-order valence-electron chi connectivity index (χ4n) is 1.45. The number of carbonyl (C=O) groups excluding carboxylic acids is 1. The Balaban J connectivity index is 3.28. The summed E-state index contributed by atoms with van der Waals surface area (Å²) in [5, 5.41) is 0.653. The number of esters is 1. The molecule has 3 nitrogen and oxygen atoms in total. The number of carbonyl (C=O) groups is 1. The summed E-state index contributed by atoms with van der Waals surface area (Å²) >= 11 is 0. The Morgan fingerprint density at radius 3 is 2.75 bits per heavy atom. The fraction of sp³-hybridized carbons (Fsp3) is 0.250. The monoisotopic (exact) mass is 236 g/mol. The van der Waals surface area contributed by atoms with Crippen molar-refractivity contribution in [3.05, 3.63) is 35.9 Å². The number of ether oxygens (including phenoxy) is 1. The van der Waals surface area contributed by atoms with Crippen LogP contribution in [-0.4, -0.2) is 5.97 Å². The standard InChI is InChI=1S/C12H13O3P/c1-4-9-10(16-14)7-6-8(3)12(9)15-11(13)5-2/h5-7H,2,4H2,1,3H3. The Bertz CT molecular complexity index is 438. The van der Waals surface area contributed by atoms with Gasteiger partial charge in [0.25, 0.3) is 0 Å². The lowest BCUT2D eigenvalue weighted by Crippen LogP contribution is -2.11. The number of hydrogen-bond donors (Lipinski definition) is 0. The van der Waals surface area contributed by atoms with Crippen LogP contribution in [-0.2, 0) is 15.8 Å². The first-order valence-electron chi connectivity index (χ1n) is 4.94. The highest BCUT2D eigenvalue weighted by atomic mass is 31.1. The third kappa shape index (κ3) is 2.56. The second-order valence-corrected chi connectivity index (χ2v) is 3.94. The van der Waals surface area contributed by atoms with Crippen molar-refractivity contribution in [3.8, 4) is 5.75 Å². The molecule has 0 N–H and O–H groups in total. The molecule has 16 heavy (non-hydrogen) atoms. The van der Waals surface area contributed by atoms with E-state index in [-0.39, 0.29) is 8.46 Å². The molecule has 0 aliphatic carbocycles. The Morgan fingerprint density at radius 2 is 2.25 bits per heavy atom. The molecule has 0 unspecified atom stereocenters. The minimum Gasteiger partial charge on any atom is -0.423 e. The van der Waals surface area contributed by atoms with Crippen LogP contribution in [0.5, 0.6) is 5.75 Å². The quantitative estimate of drug-likeness (QED) is 0.349. The predicted octanol–water partition coefficient (Wildman–Crippen LogP) is 2.57. The summed E-state index contributed by atoms with van der Waals surface area (Å²) in [5.41, 5.74) is 1.64. The smallest absolute Gasteiger partial charge is 0.335 e. The van der Waals surface area contributed by atoms with Crippen molar-refractivity contribution in [2.24, 2.45) is 0 Å². The van der Waals surface area contributed by atoms with Gasteiger partial charge in [-0.15, -0.1) is 0 Å². The second kappa shape index (κ2) is 5.57. The summed E-state index contributed by atoms with van der Waals surface area (Å²) in [7, 11) is -0.0655. The molecule has 0 radical (unpaired) electrons. The van der Waals surface area contributed by atoms with E-state index in [0.717, 1.165) is 17.2 Å². The van der Waals surface area contributed by atoms with Crippen LogP contribution in [0.4, 0.5) is 0 Å².